The van der Waals surface area contributed by atoms with E-state index in [9.17, 15) is 13.2 Å². The Balaban J connectivity index is 2.70. The fourth-order valence-electron chi connectivity index (χ4n) is 1.48. The van der Waals surface area contributed by atoms with Crippen molar-refractivity contribution in [1.29, 1.82) is 0 Å². The quantitative estimate of drug-likeness (QED) is 0.785. The Hall–Kier alpha value is -1.57. The first-order valence-electron chi connectivity index (χ1n) is 6.69. The van der Waals surface area contributed by atoms with E-state index in [4.69, 9.17) is 4.74 Å². The van der Waals surface area contributed by atoms with E-state index in [0.717, 1.165) is 6.07 Å². The molecule has 1 aromatic heterocycles. The van der Waals surface area contributed by atoms with Crippen LogP contribution in [0.5, 0.6) is 0 Å². The number of ether oxygens (including phenoxy) is 1. The summed E-state index contributed by atoms with van der Waals surface area (Å²) in [6, 6.07) is 0.924. The second kappa shape index (κ2) is 7.44. The van der Waals surface area contributed by atoms with Crippen molar-refractivity contribution in [3.05, 3.63) is 11.8 Å². The number of halogens is 3. The molecular formula is C13H21F3N4O. The fraction of sp³-hybridized carbons (Fsp3) is 0.692. The largest absolute Gasteiger partial charge is 0.433 e. The Kier molecular flexibility index (Phi) is 6.19. The summed E-state index contributed by atoms with van der Waals surface area (Å²) in [5.74, 6) is 0.177. The molecule has 21 heavy (non-hydrogen) atoms. The smallest absolute Gasteiger partial charge is 0.379 e. The molecule has 0 spiro atoms. The van der Waals surface area contributed by atoms with Gasteiger partial charge >= 0.3 is 6.18 Å². The molecular weight excluding hydrogens is 285 g/mol. The van der Waals surface area contributed by atoms with Crippen LogP contribution in [0.2, 0.25) is 0 Å². The van der Waals surface area contributed by atoms with Gasteiger partial charge in [-0.25, -0.2) is 4.98 Å². The number of hydrogen-bond acceptors (Lipinski definition) is 5. The van der Waals surface area contributed by atoms with Crippen LogP contribution < -0.4 is 10.2 Å². The summed E-state index contributed by atoms with van der Waals surface area (Å²) >= 11 is 0. The van der Waals surface area contributed by atoms with Crippen LogP contribution in [0.3, 0.4) is 0 Å². The van der Waals surface area contributed by atoms with E-state index in [1.807, 2.05) is 13.8 Å². The lowest BCUT2D eigenvalue weighted by atomic mass is 10.3. The molecule has 1 heterocycles. The predicted molar refractivity (Wildman–Crippen MR) is 75.6 cm³/mol. The highest BCUT2D eigenvalue weighted by atomic mass is 19.4. The van der Waals surface area contributed by atoms with Gasteiger partial charge in [0.1, 0.15) is 5.82 Å². The number of nitrogens with one attached hydrogen (secondary N) is 1. The van der Waals surface area contributed by atoms with Gasteiger partial charge in [0, 0.05) is 33.3 Å². The van der Waals surface area contributed by atoms with Gasteiger partial charge in [-0.05, 0) is 20.3 Å². The lowest BCUT2D eigenvalue weighted by molar-refractivity contribution is -0.141. The molecule has 0 fully saturated rings. The summed E-state index contributed by atoms with van der Waals surface area (Å²) in [6.07, 6.45) is -3.70. The van der Waals surface area contributed by atoms with E-state index in [-0.39, 0.29) is 17.9 Å². The monoisotopic (exact) mass is 306 g/mol. The van der Waals surface area contributed by atoms with Crippen LogP contribution in [-0.4, -0.2) is 43.3 Å². The lowest BCUT2D eigenvalue weighted by Gasteiger charge is -2.16. The third-order valence-corrected chi connectivity index (χ3v) is 2.52. The number of hydrogen-bond donors (Lipinski definition) is 1. The van der Waals surface area contributed by atoms with Gasteiger partial charge in [-0.3, -0.25) is 0 Å². The second-order valence-electron chi connectivity index (χ2n) is 5.03. The summed E-state index contributed by atoms with van der Waals surface area (Å²) < 4.78 is 43.7. The van der Waals surface area contributed by atoms with Crippen LogP contribution in [0.4, 0.5) is 24.9 Å². The number of nitrogens with zero attached hydrogens (tertiary/aromatic N) is 3. The van der Waals surface area contributed by atoms with Crippen molar-refractivity contribution >= 4 is 11.8 Å². The normalized spacial score (nSPS) is 11.8. The molecule has 0 atom stereocenters. The highest BCUT2D eigenvalue weighted by molar-refractivity contribution is 5.44. The lowest BCUT2D eigenvalue weighted by Crippen LogP contribution is -2.18. The molecule has 0 aromatic carbocycles. The zero-order chi connectivity index (χ0) is 16.0. The van der Waals surface area contributed by atoms with Gasteiger partial charge in [0.25, 0.3) is 0 Å². The number of rotatable bonds is 7. The highest BCUT2D eigenvalue weighted by Gasteiger charge is 2.33. The van der Waals surface area contributed by atoms with Crippen LogP contribution >= 0.6 is 0 Å². The molecule has 5 nitrogen and oxygen atoms in total. The van der Waals surface area contributed by atoms with Crippen molar-refractivity contribution in [2.45, 2.75) is 32.5 Å². The van der Waals surface area contributed by atoms with Gasteiger partial charge in [-0.15, -0.1) is 0 Å². The minimum Gasteiger partial charge on any atom is -0.379 e. The first-order chi connectivity index (χ1) is 9.70. The molecule has 0 saturated carbocycles. The van der Waals surface area contributed by atoms with Crippen LogP contribution in [0.25, 0.3) is 0 Å². The third-order valence-electron chi connectivity index (χ3n) is 2.52. The summed E-state index contributed by atoms with van der Waals surface area (Å²) in [4.78, 5) is 9.05. The van der Waals surface area contributed by atoms with E-state index >= 15 is 0 Å². The van der Waals surface area contributed by atoms with E-state index in [1.54, 1.807) is 14.1 Å². The summed E-state index contributed by atoms with van der Waals surface area (Å²) in [5.41, 5.74) is -0.956. The molecule has 0 aliphatic heterocycles. The van der Waals surface area contributed by atoms with Crippen molar-refractivity contribution in [1.82, 2.24) is 9.97 Å². The van der Waals surface area contributed by atoms with Crippen molar-refractivity contribution < 1.29 is 17.9 Å². The fourth-order valence-corrected chi connectivity index (χ4v) is 1.48. The Morgan fingerprint density at radius 2 is 1.95 bits per heavy atom. The Bertz CT molecular complexity index is 450. The topological polar surface area (TPSA) is 50.3 Å². The van der Waals surface area contributed by atoms with Gasteiger partial charge in [0.2, 0.25) is 5.95 Å². The Morgan fingerprint density at radius 3 is 2.48 bits per heavy atom. The molecule has 0 aliphatic carbocycles. The van der Waals surface area contributed by atoms with E-state index < -0.39 is 11.9 Å². The van der Waals surface area contributed by atoms with E-state index in [2.05, 4.69) is 15.3 Å². The van der Waals surface area contributed by atoms with Gasteiger partial charge in [0.05, 0.1) is 6.10 Å². The first kappa shape index (κ1) is 17.5. The number of aromatic nitrogens is 2. The molecule has 0 radical (unpaired) electrons. The average Bonchev–Trinajstić information content (AvgIpc) is 2.36. The Morgan fingerprint density at radius 1 is 1.29 bits per heavy atom. The maximum absolute atomic E-state index is 12.8. The van der Waals surface area contributed by atoms with E-state index in [1.165, 1.54) is 4.90 Å². The summed E-state index contributed by atoms with van der Waals surface area (Å²) in [5, 5.41) is 2.80. The van der Waals surface area contributed by atoms with Crippen LogP contribution in [-0.2, 0) is 10.9 Å². The van der Waals surface area contributed by atoms with Crippen LogP contribution in [0, 0.1) is 0 Å². The summed E-state index contributed by atoms with van der Waals surface area (Å²) in [7, 11) is 3.26. The number of anilines is 2. The maximum atomic E-state index is 12.8. The third kappa shape index (κ3) is 6.16. The SMILES string of the molecule is CC(C)OCCCNc1nc(N(C)C)cc(C(F)(F)F)n1. The molecule has 0 unspecified atom stereocenters. The summed E-state index contributed by atoms with van der Waals surface area (Å²) in [6.45, 7) is 4.82. The standard InChI is InChI=1S/C13H21F3N4O/c1-9(2)21-7-5-6-17-12-18-10(13(14,15)16)8-11(19-12)20(3)4/h8-9H,5-7H2,1-4H3,(H,17,18,19). The van der Waals surface area contributed by atoms with Gasteiger partial charge < -0.3 is 15.0 Å². The van der Waals surface area contributed by atoms with Crippen LogP contribution in [0.1, 0.15) is 26.0 Å². The molecule has 0 amide bonds. The zero-order valence-electron chi connectivity index (χ0n) is 12.7. The number of alkyl halides is 3. The minimum absolute atomic E-state index is 0.0296. The minimum atomic E-state index is -4.50. The average molecular weight is 306 g/mol. The van der Waals surface area contributed by atoms with Crippen molar-refractivity contribution in [2.24, 2.45) is 0 Å². The highest BCUT2D eigenvalue weighted by Crippen LogP contribution is 2.30. The molecule has 120 valence electrons. The molecule has 1 aromatic rings. The molecule has 1 rings (SSSR count). The van der Waals surface area contributed by atoms with Crippen molar-refractivity contribution in [2.75, 3.05) is 37.5 Å². The second-order valence-corrected chi connectivity index (χ2v) is 5.03. The van der Waals surface area contributed by atoms with E-state index in [0.29, 0.717) is 19.6 Å². The first-order valence-corrected chi connectivity index (χ1v) is 6.69. The van der Waals surface area contributed by atoms with Gasteiger partial charge in [0.15, 0.2) is 5.69 Å². The molecule has 1 N–H and O–H groups in total. The van der Waals surface area contributed by atoms with Crippen molar-refractivity contribution in [3.63, 3.8) is 0 Å². The van der Waals surface area contributed by atoms with Gasteiger partial charge in [-0.2, -0.15) is 18.2 Å². The molecule has 0 aliphatic rings. The zero-order valence-corrected chi connectivity index (χ0v) is 12.7. The van der Waals surface area contributed by atoms with Crippen molar-refractivity contribution in [3.8, 4) is 0 Å². The Labute approximate surface area is 122 Å². The van der Waals surface area contributed by atoms with Crippen LogP contribution in [0.15, 0.2) is 6.07 Å². The maximum Gasteiger partial charge on any atom is 0.433 e. The molecule has 8 heteroatoms. The molecule has 0 bridgehead atoms. The molecule has 0 saturated heterocycles. The van der Waals surface area contributed by atoms with Gasteiger partial charge in [-0.1, -0.05) is 0 Å². The predicted octanol–water partition coefficient (Wildman–Crippen LogP) is 2.79.